The fourth-order valence-electron chi connectivity index (χ4n) is 2.10. The molecule has 2 aromatic carbocycles. The van der Waals surface area contributed by atoms with Crippen molar-refractivity contribution >= 4 is 7.69 Å². The highest BCUT2D eigenvalue weighted by Crippen LogP contribution is 2.39. The van der Waals surface area contributed by atoms with E-state index in [9.17, 15) is 26.3 Å². The SMILES string of the molecule is COc1ccc(O[B]Oc2ccc(OC)c(C(F)(F)F)c2)cc1C(F)(F)F. The van der Waals surface area contributed by atoms with E-state index < -0.39 is 35.0 Å². The summed E-state index contributed by atoms with van der Waals surface area (Å²) in [5, 5.41) is 0. The number of hydrogen-bond donors (Lipinski definition) is 0. The van der Waals surface area contributed by atoms with E-state index in [0.29, 0.717) is 19.8 Å². The summed E-state index contributed by atoms with van der Waals surface area (Å²) in [7, 11) is 2.79. The number of benzene rings is 2. The zero-order valence-corrected chi connectivity index (χ0v) is 13.9. The highest BCUT2D eigenvalue weighted by atomic mass is 19.4. The lowest BCUT2D eigenvalue weighted by molar-refractivity contribution is -0.139. The molecule has 11 heteroatoms. The molecule has 0 aliphatic heterocycles. The molecule has 145 valence electrons. The monoisotopic (exact) mass is 393 g/mol. The maximum absolute atomic E-state index is 12.9. The minimum Gasteiger partial charge on any atom is -0.526 e. The molecule has 2 rings (SSSR count). The molecule has 0 unspecified atom stereocenters. The lowest BCUT2D eigenvalue weighted by atomic mass is 10.1. The maximum atomic E-state index is 12.9. The van der Waals surface area contributed by atoms with Crippen molar-refractivity contribution in [2.75, 3.05) is 14.2 Å². The predicted molar refractivity (Wildman–Crippen MR) is 83.0 cm³/mol. The van der Waals surface area contributed by atoms with E-state index in [0.717, 1.165) is 26.4 Å². The Morgan fingerprint density at radius 1 is 0.667 bits per heavy atom. The molecule has 0 saturated carbocycles. The average molecular weight is 393 g/mol. The topological polar surface area (TPSA) is 36.9 Å². The highest BCUT2D eigenvalue weighted by Gasteiger charge is 2.35. The summed E-state index contributed by atoms with van der Waals surface area (Å²) < 4.78 is 96.7. The molecule has 0 aliphatic rings. The third-order valence-corrected chi connectivity index (χ3v) is 3.32. The number of halogens is 6. The molecule has 0 aromatic heterocycles. The summed E-state index contributed by atoms with van der Waals surface area (Å²) >= 11 is 0. The number of rotatable bonds is 6. The molecule has 2 aromatic rings. The Balaban J connectivity index is 2.11. The summed E-state index contributed by atoms with van der Waals surface area (Å²) in [4.78, 5) is 0. The number of ether oxygens (including phenoxy) is 2. The molecule has 0 bridgehead atoms. The van der Waals surface area contributed by atoms with Crippen LogP contribution in [0.4, 0.5) is 26.3 Å². The standard InChI is InChI=1S/C16H12BF6O4/c1-24-13-5-3-9(7-11(13)15(18,19)20)26-17-27-10-4-6-14(25-2)12(8-10)16(21,22)23/h3-8H,1-2H3. The van der Waals surface area contributed by atoms with Crippen LogP contribution in [0.5, 0.6) is 23.0 Å². The Bertz CT molecular complexity index is 726. The van der Waals surface area contributed by atoms with Gasteiger partial charge in [0.2, 0.25) is 0 Å². The van der Waals surface area contributed by atoms with Crippen molar-refractivity contribution < 1.29 is 45.1 Å². The van der Waals surface area contributed by atoms with Gasteiger partial charge in [0.1, 0.15) is 34.1 Å². The summed E-state index contributed by atoms with van der Waals surface area (Å²) in [5.41, 5.74) is -2.14. The van der Waals surface area contributed by atoms with Gasteiger partial charge in [-0.15, -0.1) is 0 Å². The first-order chi connectivity index (χ1) is 12.6. The van der Waals surface area contributed by atoms with E-state index in [-0.39, 0.29) is 11.5 Å². The summed E-state index contributed by atoms with van der Waals surface area (Å²) in [6.45, 7) is 0. The van der Waals surface area contributed by atoms with Crippen molar-refractivity contribution in [2.24, 2.45) is 0 Å². The molecular formula is C16H12BF6O4. The number of methoxy groups -OCH3 is 2. The minimum absolute atomic E-state index is 0.243. The van der Waals surface area contributed by atoms with Crippen LogP contribution in [0.2, 0.25) is 0 Å². The summed E-state index contributed by atoms with van der Waals surface area (Å²) in [6.07, 6.45) is -9.35. The van der Waals surface area contributed by atoms with Crippen LogP contribution < -0.4 is 18.8 Å². The lowest BCUT2D eigenvalue weighted by Crippen LogP contribution is -2.14. The van der Waals surface area contributed by atoms with Crippen LogP contribution in [-0.2, 0) is 12.4 Å². The van der Waals surface area contributed by atoms with E-state index in [2.05, 4.69) is 9.47 Å². The molecule has 0 fully saturated rings. The predicted octanol–water partition coefficient (Wildman–Crippen LogP) is 4.73. The number of hydrogen-bond acceptors (Lipinski definition) is 4. The molecule has 4 nitrogen and oxygen atoms in total. The Kier molecular flexibility index (Phi) is 6.02. The third kappa shape index (κ3) is 5.14. The maximum Gasteiger partial charge on any atom is 0.658 e. The van der Waals surface area contributed by atoms with Gasteiger partial charge in [-0.05, 0) is 36.4 Å². The smallest absolute Gasteiger partial charge is 0.526 e. The van der Waals surface area contributed by atoms with Crippen molar-refractivity contribution in [2.45, 2.75) is 12.4 Å². The van der Waals surface area contributed by atoms with Gasteiger partial charge in [0.25, 0.3) is 0 Å². The van der Waals surface area contributed by atoms with E-state index in [1.165, 1.54) is 12.1 Å². The quantitative estimate of drug-likeness (QED) is 0.525. The second-order valence-corrected chi connectivity index (χ2v) is 5.05. The molecule has 0 spiro atoms. The highest BCUT2D eigenvalue weighted by molar-refractivity contribution is 6.20. The Hall–Kier alpha value is -2.72. The van der Waals surface area contributed by atoms with Gasteiger partial charge in [-0.1, -0.05) is 0 Å². The van der Waals surface area contributed by atoms with Gasteiger partial charge in [-0.25, -0.2) is 0 Å². The van der Waals surface area contributed by atoms with Crippen molar-refractivity contribution in [1.82, 2.24) is 0 Å². The molecule has 1 radical (unpaired) electrons. The largest absolute Gasteiger partial charge is 0.658 e. The first kappa shape index (κ1) is 20.6. The molecule has 0 atom stereocenters. The zero-order valence-electron chi connectivity index (χ0n) is 13.9. The Morgan fingerprint density at radius 2 is 1.04 bits per heavy atom. The Morgan fingerprint density at radius 3 is 1.33 bits per heavy atom. The van der Waals surface area contributed by atoms with Crippen molar-refractivity contribution in [3.63, 3.8) is 0 Å². The van der Waals surface area contributed by atoms with E-state index in [4.69, 9.17) is 9.31 Å². The van der Waals surface area contributed by atoms with Crippen molar-refractivity contribution in [3.05, 3.63) is 47.5 Å². The van der Waals surface area contributed by atoms with Crippen LogP contribution in [0.3, 0.4) is 0 Å². The van der Waals surface area contributed by atoms with Gasteiger partial charge in [0, 0.05) is 0 Å². The first-order valence-electron chi connectivity index (χ1n) is 7.21. The molecule has 0 amide bonds. The van der Waals surface area contributed by atoms with Gasteiger partial charge in [-0.3, -0.25) is 0 Å². The van der Waals surface area contributed by atoms with E-state index >= 15 is 0 Å². The minimum atomic E-state index is -4.68. The summed E-state index contributed by atoms with van der Waals surface area (Å²) in [6, 6.07) is 5.80. The van der Waals surface area contributed by atoms with Crippen molar-refractivity contribution in [1.29, 1.82) is 0 Å². The normalized spacial score (nSPS) is 11.7. The Labute approximate surface area is 150 Å². The average Bonchev–Trinajstić information content (AvgIpc) is 2.60. The molecule has 0 N–H and O–H groups in total. The van der Waals surface area contributed by atoms with Crippen LogP contribution in [0.15, 0.2) is 36.4 Å². The van der Waals surface area contributed by atoms with E-state index in [1.807, 2.05) is 0 Å². The second-order valence-electron chi connectivity index (χ2n) is 5.05. The van der Waals surface area contributed by atoms with Crippen molar-refractivity contribution in [3.8, 4) is 23.0 Å². The van der Waals surface area contributed by atoms with Crippen LogP contribution in [0.25, 0.3) is 0 Å². The van der Waals surface area contributed by atoms with Crippen LogP contribution >= 0.6 is 0 Å². The third-order valence-electron chi connectivity index (χ3n) is 3.32. The molecule has 0 aliphatic carbocycles. The van der Waals surface area contributed by atoms with Crippen LogP contribution in [-0.4, -0.2) is 21.9 Å². The summed E-state index contributed by atoms with van der Waals surface area (Å²) in [5.74, 6) is -1.29. The lowest BCUT2D eigenvalue weighted by Gasteiger charge is -2.15. The second kappa shape index (κ2) is 7.89. The van der Waals surface area contributed by atoms with Crippen LogP contribution in [0, 0.1) is 0 Å². The molecule has 27 heavy (non-hydrogen) atoms. The van der Waals surface area contributed by atoms with Gasteiger partial charge in [-0.2, -0.15) is 26.3 Å². The first-order valence-corrected chi connectivity index (χ1v) is 7.21. The van der Waals surface area contributed by atoms with Crippen LogP contribution in [0.1, 0.15) is 11.1 Å². The fourth-order valence-corrected chi connectivity index (χ4v) is 2.10. The van der Waals surface area contributed by atoms with Gasteiger partial charge >= 0.3 is 20.0 Å². The van der Waals surface area contributed by atoms with Gasteiger partial charge in [0.15, 0.2) is 0 Å². The molecular weight excluding hydrogens is 381 g/mol. The zero-order chi connectivity index (χ0) is 20.2. The van der Waals surface area contributed by atoms with Gasteiger partial charge in [0.05, 0.1) is 14.2 Å². The number of alkyl halides is 6. The van der Waals surface area contributed by atoms with E-state index in [1.54, 1.807) is 0 Å². The molecule has 0 saturated heterocycles. The van der Waals surface area contributed by atoms with Gasteiger partial charge < -0.3 is 18.8 Å². The molecule has 0 heterocycles. The fraction of sp³-hybridized carbons (Fsp3) is 0.250.